The molecule has 2 rings (SSSR count). The van der Waals surface area contributed by atoms with Crippen LogP contribution < -0.4 is 5.11 Å². The number of phenolic OH excluding ortho intramolecular Hbond substituents is 1. The van der Waals surface area contributed by atoms with E-state index in [1.54, 1.807) is 32.1 Å². The van der Waals surface area contributed by atoms with E-state index < -0.39 is 17.9 Å². The van der Waals surface area contributed by atoms with E-state index in [2.05, 4.69) is 0 Å². The highest BCUT2D eigenvalue weighted by atomic mass is 32.2. The molecule has 1 fully saturated rings. The Hall–Kier alpha value is -1.86. The summed E-state index contributed by atoms with van der Waals surface area (Å²) in [6.45, 7) is 3.39. The number of benzene rings is 1. The lowest BCUT2D eigenvalue weighted by molar-refractivity contribution is -0.311. The first-order valence-corrected chi connectivity index (χ1v) is 7.80. The van der Waals surface area contributed by atoms with Crippen LogP contribution in [0.15, 0.2) is 29.2 Å². The Balaban J connectivity index is 2.32. The number of carbonyl (C=O) groups excluding carboxylic acids is 2. The van der Waals surface area contributed by atoms with Gasteiger partial charge in [-0.05, 0) is 29.7 Å². The number of aromatic hydroxyl groups is 1. The molecule has 1 saturated heterocycles. The van der Waals surface area contributed by atoms with Gasteiger partial charge in [-0.25, -0.2) is 0 Å². The molecule has 116 valence electrons. The minimum atomic E-state index is -1.32. The highest BCUT2D eigenvalue weighted by Crippen LogP contribution is 2.35. The van der Waals surface area contributed by atoms with Crippen molar-refractivity contribution in [1.82, 2.24) is 4.90 Å². The Morgan fingerprint density at radius 2 is 1.95 bits per heavy atom. The highest BCUT2D eigenvalue weighted by molar-refractivity contribution is 8.26. The molecule has 0 radical (unpaired) electrons. The second kappa shape index (κ2) is 6.50. The summed E-state index contributed by atoms with van der Waals surface area (Å²) >= 11 is 6.20. The van der Waals surface area contributed by atoms with E-state index in [1.165, 1.54) is 12.1 Å². The topological polar surface area (TPSA) is 80.7 Å². The van der Waals surface area contributed by atoms with Crippen molar-refractivity contribution in [2.45, 2.75) is 19.9 Å². The van der Waals surface area contributed by atoms with Gasteiger partial charge >= 0.3 is 0 Å². The molecule has 22 heavy (non-hydrogen) atoms. The maximum Gasteiger partial charge on any atom is 0.266 e. The molecule has 0 unspecified atom stereocenters. The lowest BCUT2D eigenvalue weighted by atomic mass is 10.0. The summed E-state index contributed by atoms with van der Waals surface area (Å²) in [5, 5.41) is 20.6. The van der Waals surface area contributed by atoms with Crippen LogP contribution in [-0.4, -0.2) is 32.2 Å². The molecule has 5 nitrogen and oxygen atoms in total. The van der Waals surface area contributed by atoms with Gasteiger partial charge in [-0.1, -0.05) is 50.0 Å². The Morgan fingerprint density at radius 3 is 2.45 bits per heavy atom. The van der Waals surface area contributed by atoms with E-state index in [0.717, 1.165) is 16.7 Å². The number of carboxylic acid groups (broad SMARTS) is 1. The average Bonchev–Trinajstić information content (AvgIpc) is 2.69. The summed E-state index contributed by atoms with van der Waals surface area (Å²) in [7, 11) is 0. The molecule has 7 heteroatoms. The van der Waals surface area contributed by atoms with Crippen LogP contribution in [0.4, 0.5) is 0 Å². The summed E-state index contributed by atoms with van der Waals surface area (Å²) < 4.78 is 0.206. The molecule has 1 aliphatic heterocycles. The number of hydrogen-bond donors (Lipinski definition) is 1. The molecule has 1 aromatic rings. The predicted octanol–water partition coefficient (Wildman–Crippen LogP) is 1.37. The van der Waals surface area contributed by atoms with Gasteiger partial charge in [0.1, 0.15) is 10.1 Å². The fourth-order valence-corrected chi connectivity index (χ4v) is 3.45. The minimum absolute atomic E-state index is 0.126. The number of carbonyl (C=O) groups is 2. The Morgan fingerprint density at radius 1 is 1.36 bits per heavy atom. The van der Waals surface area contributed by atoms with Crippen LogP contribution >= 0.6 is 24.0 Å². The number of nitrogens with zero attached hydrogens (tertiary/aromatic N) is 1. The zero-order chi connectivity index (χ0) is 16.4. The summed E-state index contributed by atoms with van der Waals surface area (Å²) in [4.78, 5) is 25.2. The number of phenols is 1. The summed E-state index contributed by atoms with van der Waals surface area (Å²) in [6, 6.07) is 5.23. The van der Waals surface area contributed by atoms with Gasteiger partial charge in [0.2, 0.25) is 0 Å². The van der Waals surface area contributed by atoms with Crippen molar-refractivity contribution in [3.63, 3.8) is 0 Å². The van der Waals surface area contributed by atoms with E-state index in [4.69, 9.17) is 12.2 Å². The van der Waals surface area contributed by atoms with E-state index in [0.29, 0.717) is 10.5 Å². The van der Waals surface area contributed by atoms with Gasteiger partial charge in [-0.2, -0.15) is 0 Å². The van der Waals surface area contributed by atoms with Crippen molar-refractivity contribution < 1.29 is 19.8 Å². The number of thiocarbonyl (C=S) groups is 1. The second-order valence-corrected chi connectivity index (χ2v) is 6.83. The first-order chi connectivity index (χ1) is 10.3. The van der Waals surface area contributed by atoms with Crippen molar-refractivity contribution in [1.29, 1.82) is 0 Å². The first-order valence-electron chi connectivity index (χ1n) is 6.58. The summed E-state index contributed by atoms with van der Waals surface area (Å²) in [6.07, 6.45) is 1.62. The van der Waals surface area contributed by atoms with Gasteiger partial charge in [-0.15, -0.1) is 0 Å². The Kier molecular flexibility index (Phi) is 4.87. The molecule has 0 bridgehead atoms. The second-order valence-electron chi connectivity index (χ2n) is 5.15. The molecule has 0 saturated carbocycles. The van der Waals surface area contributed by atoms with Crippen molar-refractivity contribution in [2.75, 3.05) is 0 Å². The third kappa shape index (κ3) is 3.31. The van der Waals surface area contributed by atoms with Crippen LogP contribution in [0.2, 0.25) is 0 Å². The third-order valence-electron chi connectivity index (χ3n) is 3.17. The van der Waals surface area contributed by atoms with Crippen molar-refractivity contribution in [3.05, 3.63) is 34.7 Å². The van der Waals surface area contributed by atoms with Gasteiger partial charge in [0.15, 0.2) is 0 Å². The highest BCUT2D eigenvalue weighted by Gasteiger charge is 2.38. The molecule has 1 amide bonds. The number of aliphatic carboxylic acids is 1. The molecule has 1 N–H and O–H groups in total. The molecule has 1 aliphatic rings. The molecular formula is C15H14NO4S2-. The third-order valence-corrected chi connectivity index (χ3v) is 4.50. The van der Waals surface area contributed by atoms with Gasteiger partial charge in [-0.3, -0.25) is 9.69 Å². The summed E-state index contributed by atoms with van der Waals surface area (Å²) in [5.74, 6) is -1.95. The fraction of sp³-hybridized carbons (Fsp3) is 0.267. The van der Waals surface area contributed by atoms with Gasteiger partial charge in [0.05, 0.1) is 16.9 Å². The molecule has 1 atom stereocenters. The Labute approximate surface area is 137 Å². The molecule has 0 spiro atoms. The number of amides is 1. The molecule has 1 aromatic carbocycles. The SMILES string of the molecule is CC(C)[C@@H](C(=O)[O-])N1C(=O)/C(=C\c2ccc(O)cc2)SC1=S. The van der Waals surface area contributed by atoms with Crippen LogP contribution in [0.3, 0.4) is 0 Å². The number of hydrogen-bond acceptors (Lipinski definition) is 6. The Bertz CT molecular complexity index is 652. The maximum absolute atomic E-state index is 12.4. The molecule has 0 aliphatic carbocycles. The zero-order valence-electron chi connectivity index (χ0n) is 12.0. The average molecular weight is 336 g/mol. The van der Waals surface area contributed by atoms with E-state index in [9.17, 15) is 19.8 Å². The van der Waals surface area contributed by atoms with Crippen LogP contribution in [0.5, 0.6) is 5.75 Å². The normalized spacial score (nSPS) is 18.3. The lowest BCUT2D eigenvalue weighted by Crippen LogP contribution is -2.52. The monoisotopic (exact) mass is 336 g/mol. The van der Waals surface area contributed by atoms with Crippen LogP contribution in [0, 0.1) is 5.92 Å². The molecule has 0 aromatic heterocycles. The summed E-state index contributed by atoms with van der Waals surface area (Å²) in [5.41, 5.74) is 0.716. The zero-order valence-corrected chi connectivity index (χ0v) is 13.6. The van der Waals surface area contributed by atoms with Crippen LogP contribution in [0.25, 0.3) is 6.08 Å². The largest absolute Gasteiger partial charge is 0.548 e. The van der Waals surface area contributed by atoms with Crippen molar-refractivity contribution in [3.8, 4) is 5.75 Å². The number of thioether (sulfide) groups is 1. The van der Waals surface area contributed by atoms with Gasteiger partial charge in [0, 0.05) is 0 Å². The lowest BCUT2D eigenvalue weighted by Gasteiger charge is -2.30. The van der Waals surface area contributed by atoms with Crippen LogP contribution in [-0.2, 0) is 9.59 Å². The van der Waals surface area contributed by atoms with E-state index in [1.807, 2.05) is 0 Å². The predicted molar refractivity (Wildman–Crippen MR) is 86.8 cm³/mol. The molecular weight excluding hydrogens is 322 g/mol. The standard InChI is InChI=1S/C15H15NO4S2/c1-8(2)12(14(19)20)16-13(18)11(22-15(16)21)7-9-3-5-10(17)6-4-9/h3-8,12,17H,1-2H3,(H,19,20)/p-1/b11-7+/t12-/m0/s1. The van der Waals surface area contributed by atoms with E-state index >= 15 is 0 Å². The van der Waals surface area contributed by atoms with Crippen LogP contribution in [0.1, 0.15) is 19.4 Å². The van der Waals surface area contributed by atoms with Gasteiger partial charge < -0.3 is 15.0 Å². The van der Waals surface area contributed by atoms with Crippen molar-refractivity contribution >= 4 is 46.3 Å². The molecule has 1 heterocycles. The minimum Gasteiger partial charge on any atom is -0.548 e. The maximum atomic E-state index is 12.4. The first kappa shape index (κ1) is 16.5. The fourth-order valence-electron chi connectivity index (χ4n) is 2.12. The number of rotatable bonds is 4. The number of carboxylic acids is 1. The smallest absolute Gasteiger partial charge is 0.266 e. The van der Waals surface area contributed by atoms with Crippen molar-refractivity contribution in [2.24, 2.45) is 5.92 Å². The quantitative estimate of drug-likeness (QED) is 0.661. The van der Waals surface area contributed by atoms with E-state index in [-0.39, 0.29) is 16.0 Å². The van der Waals surface area contributed by atoms with Gasteiger partial charge in [0.25, 0.3) is 5.91 Å².